The average Bonchev–Trinajstić information content (AvgIpc) is 2.98. The van der Waals surface area contributed by atoms with E-state index in [0.29, 0.717) is 6.04 Å². The Morgan fingerprint density at radius 3 is 2.57 bits per heavy atom. The molecule has 0 radical (unpaired) electrons. The van der Waals surface area contributed by atoms with E-state index in [2.05, 4.69) is 26.1 Å². The monoisotopic (exact) mass is 199 g/mol. The van der Waals surface area contributed by atoms with Gasteiger partial charge in [0.15, 0.2) is 0 Å². The maximum absolute atomic E-state index is 9.25. The molecule has 0 bridgehead atoms. The second-order valence-electron chi connectivity index (χ2n) is 5.28. The van der Waals surface area contributed by atoms with Crippen LogP contribution in [0.1, 0.15) is 46.5 Å². The third kappa shape index (κ3) is 3.97. The van der Waals surface area contributed by atoms with E-state index in [9.17, 15) is 5.11 Å². The van der Waals surface area contributed by atoms with Gasteiger partial charge in [-0.25, -0.2) is 0 Å². The zero-order valence-electron chi connectivity index (χ0n) is 9.84. The van der Waals surface area contributed by atoms with Gasteiger partial charge < -0.3 is 10.4 Å². The van der Waals surface area contributed by atoms with Crippen molar-refractivity contribution in [3.63, 3.8) is 0 Å². The van der Waals surface area contributed by atoms with E-state index in [1.807, 2.05) is 0 Å². The van der Waals surface area contributed by atoms with E-state index in [1.165, 1.54) is 19.3 Å². The van der Waals surface area contributed by atoms with Crippen molar-refractivity contribution in [1.29, 1.82) is 0 Å². The summed E-state index contributed by atoms with van der Waals surface area (Å²) in [6, 6.07) is 0.611. The summed E-state index contributed by atoms with van der Waals surface area (Å²) in [6.45, 7) is 7.76. The fraction of sp³-hybridized carbons (Fsp3) is 1.00. The molecule has 0 aliphatic heterocycles. The summed E-state index contributed by atoms with van der Waals surface area (Å²) in [4.78, 5) is 0. The normalized spacial score (nSPS) is 23.1. The molecular weight excluding hydrogens is 174 g/mol. The molecule has 2 nitrogen and oxygen atoms in total. The molecule has 1 rings (SSSR count). The molecule has 1 aliphatic rings. The zero-order valence-corrected chi connectivity index (χ0v) is 9.84. The molecule has 14 heavy (non-hydrogen) atoms. The van der Waals surface area contributed by atoms with Crippen LogP contribution in [0.15, 0.2) is 0 Å². The second kappa shape index (κ2) is 5.13. The number of aliphatic hydroxyl groups excluding tert-OH is 1. The van der Waals surface area contributed by atoms with Gasteiger partial charge in [0.2, 0.25) is 0 Å². The minimum Gasteiger partial charge on any atom is -0.396 e. The van der Waals surface area contributed by atoms with Crippen LogP contribution in [0.25, 0.3) is 0 Å². The van der Waals surface area contributed by atoms with Crippen molar-refractivity contribution in [1.82, 2.24) is 5.32 Å². The van der Waals surface area contributed by atoms with E-state index in [-0.39, 0.29) is 12.0 Å². The predicted molar refractivity (Wildman–Crippen MR) is 60.3 cm³/mol. The molecule has 2 atom stereocenters. The molecule has 2 N–H and O–H groups in total. The summed E-state index contributed by atoms with van der Waals surface area (Å²) in [7, 11) is 0. The molecule has 2 unspecified atom stereocenters. The summed E-state index contributed by atoms with van der Waals surface area (Å²) >= 11 is 0. The molecule has 0 spiro atoms. The third-order valence-electron chi connectivity index (χ3n) is 3.50. The molecule has 0 saturated heterocycles. The minimum atomic E-state index is 0.0673. The Morgan fingerprint density at radius 2 is 2.14 bits per heavy atom. The zero-order chi connectivity index (χ0) is 10.6. The van der Waals surface area contributed by atoms with E-state index in [0.717, 1.165) is 18.9 Å². The largest absolute Gasteiger partial charge is 0.396 e. The van der Waals surface area contributed by atoms with Crippen LogP contribution in [0.4, 0.5) is 0 Å². The van der Waals surface area contributed by atoms with Gasteiger partial charge in [-0.05, 0) is 25.7 Å². The summed E-state index contributed by atoms with van der Waals surface area (Å²) in [5.74, 6) is 0.986. The van der Waals surface area contributed by atoms with E-state index in [1.54, 1.807) is 0 Å². The molecular formula is C12H25NO. The summed E-state index contributed by atoms with van der Waals surface area (Å²) in [5, 5.41) is 12.8. The number of aliphatic hydroxyl groups is 1. The molecule has 0 heterocycles. The standard InChI is InChI=1S/C12H25NO/c1-4-12(3,9-14)8-13-10(2)7-11-5-6-11/h10-11,13-14H,4-9H2,1-3H3. The molecule has 84 valence electrons. The van der Waals surface area contributed by atoms with Crippen LogP contribution >= 0.6 is 0 Å². The van der Waals surface area contributed by atoms with E-state index in [4.69, 9.17) is 0 Å². The molecule has 1 aliphatic carbocycles. The average molecular weight is 199 g/mol. The van der Waals surface area contributed by atoms with Crippen molar-refractivity contribution in [2.24, 2.45) is 11.3 Å². The first-order valence-corrected chi connectivity index (χ1v) is 5.94. The SMILES string of the molecule is CCC(C)(CO)CNC(C)CC1CC1. The Morgan fingerprint density at radius 1 is 1.50 bits per heavy atom. The first kappa shape index (κ1) is 12.0. The van der Waals surface area contributed by atoms with Crippen LogP contribution in [-0.4, -0.2) is 24.3 Å². The van der Waals surface area contributed by atoms with Crippen molar-refractivity contribution in [2.45, 2.75) is 52.5 Å². The lowest BCUT2D eigenvalue weighted by Crippen LogP contribution is -2.39. The van der Waals surface area contributed by atoms with E-state index < -0.39 is 0 Å². The van der Waals surface area contributed by atoms with Crippen LogP contribution in [-0.2, 0) is 0 Å². The molecule has 1 saturated carbocycles. The van der Waals surface area contributed by atoms with Gasteiger partial charge in [-0.2, -0.15) is 0 Å². The number of nitrogens with one attached hydrogen (secondary N) is 1. The Hall–Kier alpha value is -0.0800. The van der Waals surface area contributed by atoms with Gasteiger partial charge in [0.1, 0.15) is 0 Å². The number of hydrogen-bond donors (Lipinski definition) is 2. The molecule has 0 amide bonds. The van der Waals surface area contributed by atoms with Crippen molar-refractivity contribution < 1.29 is 5.11 Å². The highest BCUT2D eigenvalue weighted by atomic mass is 16.3. The van der Waals surface area contributed by atoms with Crippen LogP contribution in [0.3, 0.4) is 0 Å². The highest BCUT2D eigenvalue weighted by molar-refractivity contribution is 4.81. The van der Waals surface area contributed by atoms with Crippen molar-refractivity contribution in [3.8, 4) is 0 Å². The maximum Gasteiger partial charge on any atom is 0.0496 e. The first-order chi connectivity index (χ1) is 6.59. The lowest BCUT2D eigenvalue weighted by molar-refractivity contribution is 0.131. The topological polar surface area (TPSA) is 32.3 Å². The minimum absolute atomic E-state index is 0.0673. The molecule has 0 aromatic heterocycles. The van der Waals surface area contributed by atoms with Gasteiger partial charge >= 0.3 is 0 Å². The lowest BCUT2D eigenvalue weighted by atomic mass is 9.88. The van der Waals surface area contributed by atoms with Crippen LogP contribution in [0.2, 0.25) is 0 Å². The number of rotatable bonds is 7. The van der Waals surface area contributed by atoms with Gasteiger partial charge in [0.05, 0.1) is 0 Å². The smallest absolute Gasteiger partial charge is 0.0496 e. The van der Waals surface area contributed by atoms with Gasteiger partial charge in [0, 0.05) is 24.6 Å². The van der Waals surface area contributed by atoms with Crippen LogP contribution in [0, 0.1) is 11.3 Å². The molecule has 1 fully saturated rings. The molecule has 0 aromatic carbocycles. The highest BCUT2D eigenvalue weighted by Gasteiger charge is 2.25. The predicted octanol–water partition coefficient (Wildman–Crippen LogP) is 2.17. The molecule has 0 aromatic rings. The summed E-state index contributed by atoms with van der Waals surface area (Å²) in [6.07, 6.45) is 5.20. The summed E-state index contributed by atoms with van der Waals surface area (Å²) < 4.78 is 0. The summed E-state index contributed by atoms with van der Waals surface area (Å²) in [5.41, 5.74) is 0.0673. The molecule has 2 heteroatoms. The quantitative estimate of drug-likeness (QED) is 0.658. The Kier molecular flexibility index (Phi) is 4.39. The van der Waals surface area contributed by atoms with Crippen molar-refractivity contribution in [2.75, 3.05) is 13.2 Å². The van der Waals surface area contributed by atoms with Gasteiger partial charge in [0.25, 0.3) is 0 Å². The van der Waals surface area contributed by atoms with Gasteiger partial charge in [-0.3, -0.25) is 0 Å². The van der Waals surface area contributed by atoms with Crippen molar-refractivity contribution >= 4 is 0 Å². The maximum atomic E-state index is 9.25. The van der Waals surface area contributed by atoms with Gasteiger partial charge in [-0.1, -0.05) is 26.7 Å². The Bertz CT molecular complexity index is 162. The van der Waals surface area contributed by atoms with Gasteiger partial charge in [-0.15, -0.1) is 0 Å². The number of hydrogen-bond acceptors (Lipinski definition) is 2. The Labute approximate surface area is 88.1 Å². The lowest BCUT2D eigenvalue weighted by Gasteiger charge is -2.28. The fourth-order valence-corrected chi connectivity index (χ4v) is 1.65. The van der Waals surface area contributed by atoms with Crippen LogP contribution in [0.5, 0.6) is 0 Å². The van der Waals surface area contributed by atoms with Crippen LogP contribution < -0.4 is 5.32 Å². The highest BCUT2D eigenvalue weighted by Crippen LogP contribution is 2.33. The first-order valence-electron chi connectivity index (χ1n) is 5.94. The third-order valence-corrected chi connectivity index (χ3v) is 3.50. The second-order valence-corrected chi connectivity index (χ2v) is 5.28. The van der Waals surface area contributed by atoms with E-state index >= 15 is 0 Å². The fourth-order valence-electron chi connectivity index (χ4n) is 1.65. The Balaban J connectivity index is 2.16. The van der Waals surface area contributed by atoms with Crippen molar-refractivity contribution in [3.05, 3.63) is 0 Å².